The summed E-state index contributed by atoms with van der Waals surface area (Å²) in [6, 6.07) is 3.56. The first kappa shape index (κ1) is 9.22. The van der Waals surface area contributed by atoms with E-state index in [1.807, 2.05) is 19.1 Å². The van der Waals surface area contributed by atoms with Crippen LogP contribution in [0.5, 0.6) is 0 Å². The van der Waals surface area contributed by atoms with Crippen LogP contribution in [0.4, 0.5) is 0 Å². The van der Waals surface area contributed by atoms with E-state index in [1.54, 1.807) is 18.4 Å². The molecule has 66 valence electrons. The lowest BCUT2D eigenvalue weighted by Gasteiger charge is -2.08. The van der Waals surface area contributed by atoms with Crippen LogP contribution >= 0.6 is 11.3 Å². The van der Waals surface area contributed by atoms with Crippen LogP contribution < -0.4 is 11.1 Å². The number of primary amides is 1. The maximum absolute atomic E-state index is 10.9. The van der Waals surface area contributed by atoms with Crippen LogP contribution in [-0.2, 0) is 4.79 Å². The van der Waals surface area contributed by atoms with Gasteiger partial charge in [-0.05, 0) is 26.1 Å². The molecule has 0 aliphatic heterocycles. The number of carbonyl (C=O) groups excluding carboxylic acids is 1. The molecule has 0 aromatic carbocycles. The van der Waals surface area contributed by atoms with Crippen molar-refractivity contribution in [2.24, 2.45) is 5.73 Å². The fourth-order valence-corrected chi connectivity index (χ4v) is 2.03. The lowest BCUT2D eigenvalue weighted by atomic mass is 10.2. The Morgan fingerprint density at radius 1 is 1.67 bits per heavy atom. The van der Waals surface area contributed by atoms with Gasteiger partial charge >= 0.3 is 0 Å². The summed E-state index contributed by atoms with van der Waals surface area (Å²) >= 11 is 1.59. The first-order valence-corrected chi connectivity index (χ1v) is 4.49. The molecule has 4 heteroatoms. The lowest BCUT2D eigenvalue weighted by Crippen LogP contribution is -2.30. The van der Waals surface area contributed by atoms with Crippen molar-refractivity contribution in [3.63, 3.8) is 0 Å². The number of hydrogen-bond acceptors (Lipinski definition) is 3. The lowest BCUT2D eigenvalue weighted by molar-refractivity contribution is -0.119. The Labute approximate surface area is 75.6 Å². The van der Waals surface area contributed by atoms with Gasteiger partial charge in [0.05, 0.1) is 0 Å². The highest BCUT2D eigenvalue weighted by molar-refractivity contribution is 7.12. The van der Waals surface area contributed by atoms with Crippen LogP contribution in [0.3, 0.4) is 0 Å². The highest BCUT2D eigenvalue weighted by Crippen LogP contribution is 2.21. The molecule has 1 amide bonds. The zero-order chi connectivity index (χ0) is 9.14. The number of aryl methyl sites for hydroxylation is 1. The van der Waals surface area contributed by atoms with Crippen LogP contribution in [0.15, 0.2) is 12.1 Å². The second-order valence-electron chi connectivity index (χ2n) is 2.57. The maximum atomic E-state index is 10.9. The van der Waals surface area contributed by atoms with E-state index in [2.05, 4.69) is 5.32 Å². The Hall–Kier alpha value is -0.870. The molecule has 1 atom stereocenters. The van der Waals surface area contributed by atoms with E-state index in [1.165, 1.54) is 4.88 Å². The molecule has 1 rings (SSSR count). The van der Waals surface area contributed by atoms with Gasteiger partial charge in [0.25, 0.3) is 0 Å². The van der Waals surface area contributed by atoms with Gasteiger partial charge in [-0.3, -0.25) is 4.79 Å². The van der Waals surface area contributed by atoms with Gasteiger partial charge in [-0.2, -0.15) is 0 Å². The van der Waals surface area contributed by atoms with Crippen LogP contribution in [0.2, 0.25) is 0 Å². The van der Waals surface area contributed by atoms with Crippen LogP contribution in [0.25, 0.3) is 0 Å². The zero-order valence-electron chi connectivity index (χ0n) is 7.13. The molecular formula is C8H12N2OS. The molecule has 0 radical (unpaired) electrons. The number of rotatable bonds is 3. The van der Waals surface area contributed by atoms with E-state index in [0.717, 1.165) is 4.88 Å². The molecule has 1 aromatic heterocycles. The normalized spacial score (nSPS) is 12.8. The second kappa shape index (κ2) is 3.69. The number of amides is 1. The van der Waals surface area contributed by atoms with Gasteiger partial charge in [-0.25, -0.2) is 0 Å². The van der Waals surface area contributed by atoms with Gasteiger partial charge in [0.2, 0.25) is 5.91 Å². The van der Waals surface area contributed by atoms with Crippen molar-refractivity contribution in [3.05, 3.63) is 21.9 Å². The Morgan fingerprint density at radius 3 is 2.67 bits per heavy atom. The van der Waals surface area contributed by atoms with Crippen molar-refractivity contribution in [2.45, 2.75) is 13.0 Å². The number of likely N-dealkylation sites (N-methyl/N-ethyl adjacent to an activating group) is 1. The third-order valence-electron chi connectivity index (χ3n) is 1.62. The number of nitrogens with two attached hydrogens (primary N) is 1. The number of thiophene rings is 1. The molecule has 1 aromatic rings. The largest absolute Gasteiger partial charge is 0.368 e. The fourth-order valence-electron chi connectivity index (χ4n) is 1.03. The first-order valence-electron chi connectivity index (χ1n) is 3.68. The summed E-state index contributed by atoms with van der Waals surface area (Å²) in [5.41, 5.74) is 5.19. The van der Waals surface area contributed by atoms with Crippen molar-refractivity contribution in [2.75, 3.05) is 7.05 Å². The van der Waals surface area contributed by atoms with E-state index >= 15 is 0 Å². The van der Waals surface area contributed by atoms with Crippen molar-refractivity contribution >= 4 is 17.2 Å². The number of carbonyl (C=O) groups is 1. The molecule has 12 heavy (non-hydrogen) atoms. The minimum absolute atomic E-state index is 0.334. The van der Waals surface area contributed by atoms with Gasteiger partial charge in [-0.1, -0.05) is 0 Å². The van der Waals surface area contributed by atoms with E-state index in [0.29, 0.717) is 0 Å². The number of hydrogen-bond donors (Lipinski definition) is 2. The highest BCUT2D eigenvalue weighted by atomic mass is 32.1. The predicted octanol–water partition coefficient (Wildman–Crippen LogP) is 0.802. The fraction of sp³-hybridized carbons (Fsp3) is 0.375. The average molecular weight is 184 g/mol. The quantitative estimate of drug-likeness (QED) is 0.730. The molecule has 0 saturated heterocycles. The molecule has 0 saturated carbocycles. The standard InChI is InChI=1S/C8H12N2OS/c1-5-3-4-6(12-5)7(10-2)8(9)11/h3-4,7,10H,1-2H3,(H2,9,11). The van der Waals surface area contributed by atoms with Crippen LogP contribution in [0.1, 0.15) is 15.8 Å². The molecule has 0 aliphatic carbocycles. The average Bonchev–Trinajstić information content (AvgIpc) is 2.37. The third-order valence-corrected chi connectivity index (χ3v) is 2.68. The molecule has 0 fully saturated rings. The van der Waals surface area contributed by atoms with Crippen molar-refractivity contribution in [3.8, 4) is 0 Å². The smallest absolute Gasteiger partial charge is 0.239 e. The summed E-state index contributed by atoms with van der Waals surface area (Å²) < 4.78 is 0. The summed E-state index contributed by atoms with van der Waals surface area (Å²) in [6.07, 6.45) is 0. The van der Waals surface area contributed by atoms with Crippen LogP contribution in [0, 0.1) is 6.92 Å². The van der Waals surface area contributed by atoms with Crippen molar-refractivity contribution < 1.29 is 4.79 Å². The van der Waals surface area contributed by atoms with Gasteiger partial charge in [0, 0.05) is 9.75 Å². The van der Waals surface area contributed by atoms with Gasteiger partial charge in [-0.15, -0.1) is 11.3 Å². The summed E-state index contributed by atoms with van der Waals surface area (Å²) in [5.74, 6) is -0.334. The molecule has 1 unspecified atom stereocenters. The summed E-state index contributed by atoms with van der Waals surface area (Å²) in [5, 5.41) is 2.87. The monoisotopic (exact) mass is 184 g/mol. The Balaban J connectivity index is 2.87. The van der Waals surface area contributed by atoms with E-state index < -0.39 is 0 Å². The minimum atomic E-state index is -0.344. The second-order valence-corrected chi connectivity index (χ2v) is 3.89. The molecule has 3 nitrogen and oxygen atoms in total. The summed E-state index contributed by atoms with van der Waals surface area (Å²) in [7, 11) is 1.73. The molecule has 0 spiro atoms. The van der Waals surface area contributed by atoms with E-state index in [4.69, 9.17) is 5.73 Å². The van der Waals surface area contributed by atoms with E-state index in [-0.39, 0.29) is 11.9 Å². The highest BCUT2D eigenvalue weighted by Gasteiger charge is 2.16. The summed E-state index contributed by atoms with van der Waals surface area (Å²) in [4.78, 5) is 13.1. The first-order chi connectivity index (χ1) is 5.65. The molecular weight excluding hydrogens is 172 g/mol. The van der Waals surface area contributed by atoms with Crippen LogP contribution in [-0.4, -0.2) is 13.0 Å². The Morgan fingerprint density at radius 2 is 2.33 bits per heavy atom. The number of nitrogens with one attached hydrogen (secondary N) is 1. The summed E-state index contributed by atoms with van der Waals surface area (Å²) in [6.45, 7) is 2.00. The predicted molar refractivity (Wildman–Crippen MR) is 50.1 cm³/mol. The van der Waals surface area contributed by atoms with Gasteiger partial charge in [0.1, 0.15) is 6.04 Å². The Kier molecular flexibility index (Phi) is 2.83. The zero-order valence-corrected chi connectivity index (χ0v) is 7.94. The topological polar surface area (TPSA) is 55.1 Å². The van der Waals surface area contributed by atoms with Gasteiger partial charge < -0.3 is 11.1 Å². The Bertz CT molecular complexity index is 282. The van der Waals surface area contributed by atoms with Crippen molar-refractivity contribution in [1.82, 2.24) is 5.32 Å². The molecule has 0 aliphatic rings. The minimum Gasteiger partial charge on any atom is -0.368 e. The SMILES string of the molecule is CNC(C(N)=O)c1ccc(C)s1. The van der Waals surface area contributed by atoms with E-state index in [9.17, 15) is 4.79 Å². The van der Waals surface area contributed by atoms with Gasteiger partial charge in [0.15, 0.2) is 0 Å². The maximum Gasteiger partial charge on any atom is 0.239 e. The molecule has 0 bridgehead atoms. The van der Waals surface area contributed by atoms with Crippen molar-refractivity contribution in [1.29, 1.82) is 0 Å². The molecule has 3 N–H and O–H groups in total. The third kappa shape index (κ3) is 1.84. The molecule has 1 heterocycles.